The first-order valence-electron chi connectivity index (χ1n) is 7.72. The third kappa shape index (κ3) is 4.81. The summed E-state index contributed by atoms with van der Waals surface area (Å²) in [5, 5.41) is 4.54. The lowest BCUT2D eigenvalue weighted by atomic mass is 10.2. The van der Waals surface area contributed by atoms with Crippen LogP contribution in [-0.2, 0) is 6.61 Å². The Morgan fingerprint density at radius 2 is 1.80 bits per heavy atom. The lowest BCUT2D eigenvalue weighted by Gasteiger charge is -2.09. The zero-order valence-corrected chi connectivity index (χ0v) is 14.1. The van der Waals surface area contributed by atoms with E-state index in [2.05, 4.69) is 10.5 Å². The van der Waals surface area contributed by atoms with Crippen LogP contribution in [0.25, 0.3) is 0 Å². The Balaban J connectivity index is 1.63. The fourth-order valence-electron chi connectivity index (χ4n) is 2.20. The van der Waals surface area contributed by atoms with E-state index in [0.717, 1.165) is 11.3 Å². The molecular formula is C20H16ClFN2O. The zero-order valence-electron chi connectivity index (χ0n) is 13.3. The van der Waals surface area contributed by atoms with Gasteiger partial charge in [0, 0.05) is 5.56 Å². The van der Waals surface area contributed by atoms with Gasteiger partial charge in [0.05, 0.1) is 16.9 Å². The highest BCUT2D eigenvalue weighted by molar-refractivity contribution is 6.31. The lowest BCUT2D eigenvalue weighted by molar-refractivity contribution is 0.300. The Hall–Kier alpha value is -2.85. The van der Waals surface area contributed by atoms with E-state index < -0.39 is 0 Å². The number of halogens is 2. The van der Waals surface area contributed by atoms with E-state index in [0.29, 0.717) is 16.3 Å². The van der Waals surface area contributed by atoms with Crippen LogP contribution in [0.15, 0.2) is 77.9 Å². The Labute approximate surface area is 150 Å². The normalized spacial score (nSPS) is 10.8. The molecule has 5 heteroatoms. The zero-order chi connectivity index (χ0) is 17.5. The van der Waals surface area contributed by atoms with Crippen molar-refractivity contribution in [1.82, 2.24) is 0 Å². The molecule has 0 amide bonds. The number of hydrogen-bond donors (Lipinski definition) is 1. The van der Waals surface area contributed by atoms with Gasteiger partial charge in [-0.3, -0.25) is 5.43 Å². The van der Waals surface area contributed by atoms with E-state index >= 15 is 0 Å². The molecule has 3 nitrogen and oxygen atoms in total. The van der Waals surface area contributed by atoms with Gasteiger partial charge in [-0.2, -0.15) is 5.10 Å². The van der Waals surface area contributed by atoms with Crippen molar-refractivity contribution in [1.29, 1.82) is 0 Å². The lowest BCUT2D eigenvalue weighted by Crippen LogP contribution is -2.00. The maximum atomic E-state index is 13.8. The molecule has 0 heterocycles. The predicted molar refractivity (Wildman–Crippen MR) is 99.8 cm³/mol. The first-order chi connectivity index (χ1) is 12.2. The van der Waals surface area contributed by atoms with E-state index in [9.17, 15) is 4.39 Å². The molecule has 0 aromatic heterocycles. The van der Waals surface area contributed by atoms with Crippen LogP contribution >= 0.6 is 11.6 Å². The molecule has 126 valence electrons. The van der Waals surface area contributed by atoms with Gasteiger partial charge in [-0.15, -0.1) is 0 Å². The van der Waals surface area contributed by atoms with Gasteiger partial charge in [0.2, 0.25) is 0 Å². The summed E-state index contributed by atoms with van der Waals surface area (Å²) in [7, 11) is 0. The quantitative estimate of drug-likeness (QED) is 0.468. The molecule has 3 rings (SSSR count). The summed E-state index contributed by atoms with van der Waals surface area (Å²) in [4.78, 5) is 0. The largest absolute Gasteiger partial charge is 0.489 e. The third-order valence-electron chi connectivity index (χ3n) is 3.48. The summed E-state index contributed by atoms with van der Waals surface area (Å²) in [5.41, 5.74) is 5.05. The number of anilines is 1. The Morgan fingerprint density at radius 3 is 2.60 bits per heavy atom. The monoisotopic (exact) mass is 354 g/mol. The third-order valence-corrected chi connectivity index (χ3v) is 3.84. The fraction of sp³-hybridized carbons (Fsp3) is 0.0500. The van der Waals surface area contributed by atoms with Crippen LogP contribution in [-0.4, -0.2) is 6.21 Å². The van der Waals surface area contributed by atoms with Crippen LogP contribution < -0.4 is 10.2 Å². The summed E-state index contributed by atoms with van der Waals surface area (Å²) in [6.07, 6.45) is 1.69. The number of ether oxygens (including phenoxy) is 1. The van der Waals surface area contributed by atoms with E-state index in [4.69, 9.17) is 16.3 Å². The van der Waals surface area contributed by atoms with Gasteiger partial charge in [-0.25, -0.2) is 4.39 Å². The molecule has 0 radical (unpaired) electrons. The van der Waals surface area contributed by atoms with Gasteiger partial charge in [0.1, 0.15) is 18.2 Å². The van der Waals surface area contributed by atoms with E-state index in [-0.39, 0.29) is 12.4 Å². The van der Waals surface area contributed by atoms with Crippen molar-refractivity contribution in [3.8, 4) is 5.75 Å². The molecule has 0 aliphatic carbocycles. The van der Waals surface area contributed by atoms with Crippen LogP contribution in [0, 0.1) is 5.82 Å². The summed E-state index contributed by atoms with van der Waals surface area (Å²) in [5.74, 6) is 0.236. The molecule has 0 aliphatic rings. The molecule has 3 aromatic rings. The molecule has 3 aromatic carbocycles. The second kappa shape index (κ2) is 8.31. The molecule has 0 unspecified atom stereocenters. The number of hydrogen-bond acceptors (Lipinski definition) is 3. The minimum Gasteiger partial charge on any atom is -0.489 e. The first-order valence-corrected chi connectivity index (χ1v) is 8.10. The maximum Gasteiger partial charge on any atom is 0.131 e. The van der Waals surface area contributed by atoms with Crippen molar-refractivity contribution in [2.75, 3.05) is 5.43 Å². The van der Waals surface area contributed by atoms with Crippen LogP contribution in [0.1, 0.15) is 11.1 Å². The van der Waals surface area contributed by atoms with Crippen LogP contribution in [0.4, 0.5) is 10.1 Å². The summed E-state index contributed by atoms with van der Waals surface area (Å²) in [6, 6.07) is 21.6. The van der Waals surface area contributed by atoms with Crippen molar-refractivity contribution in [2.45, 2.75) is 6.61 Å². The van der Waals surface area contributed by atoms with Crippen molar-refractivity contribution < 1.29 is 9.13 Å². The maximum absolute atomic E-state index is 13.8. The van der Waals surface area contributed by atoms with Crippen molar-refractivity contribution in [3.05, 3.63) is 94.8 Å². The smallest absolute Gasteiger partial charge is 0.131 e. The number of benzene rings is 3. The standard InChI is InChI=1S/C20H16ClFN2O/c21-19-10-5-11-20(22)18(19)14-25-17-9-4-6-15(12-17)13-23-24-16-7-2-1-3-8-16/h1-13,24H,14H2/b23-13+. The molecule has 0 saturated carbocycles. The van der Waals surface area contributed by atoms with E-state index in [1.54, 1.807) is 24.4 Å². The highest BCUT2D eigenvalue weighted by Gasteiger charge is 2.07. The van der Waals surface area contributed by atoms with Crippen LogP contribution in [0.5, 0.6) is 5.75 Å². The van der Waals surface area contributed by atoms with Crippen LogP contribution in [0.3, 0.4) is 0 Å². The number of nitrogens with zero attached hydrogens (tertiary/aromatic N) is 1. The molecule has 0 aliphatic heterocycles. The predicted octanol–water partition coefficient (Wildman–Crippen LogP) is 5.50. The van der Waals surface area contributed by atoms with Gasteiger partial charge in [0.15, 0.2) is 0 Å². The Bertz CT molecular complexity index is 848. The topological polar surface area (TPSA) is 33.6 Å². The van der Waals surface area contributed by atoms with Gasteiger partial charge < -0.3 is 4.74 Å². The molecule has 0 spiro atoms. The first kappa shape index (κ1) is 17.0. The van der Waals surface area contributed by atoms with Gasteiger partial charge in [-0.1, -0.05) is 48.0 Å². The fourth-order valence-corrected chi connectivity index (χ4v) is 2.42. The Kier molecular flexibility index (Phi) is 5.65. The van der Waals surface area contributed by atoms with Gasteiger partial charge in [0.25, 0.3) is 0 Å². The molecule has 0 bridgehead atoms. The second-order valence-electron chi connectivity index (χ2n) is 5.30. The summed E-state index contributed by atoms with van der Waals surface area (Å²) in [6.45, 7) is 0.0639. The number of rotatable bonds is 6. The van der Waals surface area contributed by atoms with E-state index in [1.165, 1.54) is 6.07 Å². The summed E-state index contributed by atoms with van der Waals surface area (Å²) >= 11 is 6.00. The van der Waals surface area contributed by atoms with E-state index in [1.807, 2.05) is 48.5 Å². The number of nitrogens with one attached hydrogen (secondary N) is 1. The minimum atomic E-state index is -0.378. The molecule has 1 N–H and O–H groups in total. The number of hydrazone groups is 1. The summed E-state index contributed by atoms with van der Waals surface area (Å²) < 4.78 is 19.4. The SMILES string of the molecule is Fc1cccc(Cl)c1COc1cccc(/C=N/Nc2ccccc2)c1. The van der Waals surface area contributed by atoms with Crippen molar-refractivity contribution >= 4 is 23.5 Å². The van der Waals surface area contributed by atoms with Crippen LogP contribution in [0.2, 0.25) is 5.02 Å². The van der Waals surface area contributed by atoms with Gasteiger partial charge in [-0.05, 0) is 42.0 Å². The number of para-hydroxylation sites is 1. The highest BCUT2D eigenvalue weighted by atomic mass is 35.5. The molecule has 25 heavy (non-hydrogen) atoms. The van der Waals surface area contributed by atoms with Crippen molar-refractivity contribution in [2.24, 2.45) is 5.10 Å². The molecule has 0 atom stereocenters. The minimum absolute atomic E-state index is 0.0639. The average molecular weight is 355 g/mol. The Morgan fingerprint density at radius 1 is 1.00 bits per heavy atom. The second-order valence-corrected chi connectivity index (χ2v) is 5.70. The molecule has 0 fully saturated rings. The highest BCUT2D eigenvalue weighted by Crippen LogP contribution is 2.21. The molecule has 0 saturated heterocycles. The van der Waals surface area contributed by atoms with Gasteiger partial charge >= 0.3 is 0 Å². The van der Waals surface area contributed by atoms with Crippen molar-refractivity contribution in [3.63, 3.8) is 0 Å². The average Bonchev–Trinajstić information content (AvgIpc) is 2.63. The molecular weight excluding hydrogens is 339 g/mol.